The quantitative estimate of drug-likeness (QED) is 0.784. The van der Waals surface area contributed by atoms with Crippen LogP contribution in [0.15, 0.2) is 18.2 Å². The van der Waals surface area contributed by atoms with Crippen molar-refractivity contribution in [1.82, 2.24) is 0 Å². The average molecular weight is 277 g/mol. The van der Waals surface area contributed by atoms with Crippen LogP contribution in [0, 0.1) is 0 Å². The van der Waals surface area contributed by atoms with Crippen LogP contribution in [0.1, 0.15) is 56.7 Å². The molecule has 4 nitrogen and oxygen atoms in total. The van der Waals surface area contributed by atoms with Crippen LogP contribution in [0.4, 0.5) is 0 Å². The van der Waals surface area contributed by atoms with Gasteiger partial charge in [-0.05, 0) is 30.5 Å². The molecule has 1 aliphatic heterocycles. The lowest BCUT2D eigenvalue weighted by molar-refractivity contribution is -0.137. The number of hydrogen-bond acceptors (Lipinski definition) is 3. The highest BCUT2D eigenvalue weighted by Gasteiger charge is 2.32. The van der Waals surface area contributed by atoms with Crippen LogP contribution in [0.3, 0.4) is 0 Å². The number of unbranched alkanes of at least 4 members (excludes halogenated alkanes) is 1. The van der Waals surface area contributed by atoms with Gasteiger partial charge in [-0.3, -0.25) is 4.79 Å². The van der Waals surface area contributed by atoms with Crippen LogP contribution in [0.5, 0.6) is 5.75 Å². The predicted octanol–water partition coefficient (Wildman–Crippen LogP) is 3.00. The second-order valence-electron chi connectivity index (χ2n) is 6.17. The Morgan fingerprint density at radius 3 is 2.90 bits per heavy atom. The number of carbonyl (C=O) groups is 1. The van der Waals surface area contributed by atoms with Gasteiger partial charge < -0.3 is 15.6 Å². The molecule has 0 amide bonds. The molecule has 0 aromatic heterocycles. The molecular formula is C16H23NO3. The maximum absolute atomic E-state index is 10.5. The molecule has 0 radical (unpaired) electrons. The van der Waals surface area contributed by atoms with Gasteiger partial charge in [0.1, 0.15) is 5.75 Å². The Morgan fingerprint density at radius 2 is 2.20 bits per heavy atom. The third-order valence-corrected chi connectivity index (χ3v) is 3.91. The van der Waals surface area contributed by atoms with Crippen LogP contribution in [0.2, 0.25) is 0 Å². The van der Waals surface area contributed by atoms with Gasteiger partial charge in [0, 0.05) is 23.4 Å². The summed E-state index contributed by atoms with van der Waals surface area (Å²) in [6.45, 7) is 5.04. The van der Waals surface area contributed by atoms with E-state index < -0.39 is 5.97 Å². The zero-order chi connectivity index (χ0) is 14.8. The molecule has 1 heterocycles. The largest absolute Gasteiger partial charge is 0.492 e. The Kier molecular flexibility index (Phi) is 4.33. The Balaban J connectivity index is 1.97. The van der Waals surface area contributed by atoms with Crippen molar-refractivity contribution in [1.29, 1.82) is 0 Å². The molecule has 0 aliphatic carbocycles. The first-order valence-corrected chi connectivity index (χ1v) is 7.15. The summed E-state index contributed by atoms with van der Waals surface area (Å²) in [6, 6.07) is 6.12. The second-order valence-corrected chi connectivity index (χ2v) is 6.17. The Bertz CT molecular complexity index is 496. The minimum Gasteiger partial charge on any atom is -0.492 e. The second kappa shape index (κ2) is 5.83. The topological polar surface area (TPSA) is 72.5 Å². The fourth-order valence-electron chi connectivity index (χ4n) is 2.58. The summed E-state index contributed by atoms with van der Waals surface area (Å²) in [6.07, 6.45) is 2.55. The summed E-state index contributed by atoms with van der Waals surface area (Å²) in [5, 5.41) is 8.61. The summed E-state index contributed by atoms with van der Waals surface area (Å²) < 4.78 is 5.67. The molecule has 0 saturated carbocycles. The Labute approximate surface area is 119 Å². The van der Waals surface area contributed by atoms with Crippen molar-refractivity contribution < 1.29 is 14.6 Å². The lowest BCUT2D eigenvalue weighted by atomic mass is 9.85. The van der Waals surface area contributed by atoms with Gasteiger partial charge in [-0.25, -0.2) is 0 Å². The van der Waals surface area contributed by atoms with Crippen molar-refractivity contribution in [2.75, 3.05) is 6.61 Å². The number of aliphatic carboxylic acids is 1. The molecule has 0 fully saturated rings. The van der Waals surface area contributed by atoms with Gasteiger partial charge in [0.05, 0.1) is 6.61 Å². The molecule has 4 heteroatoms. The molecule has 1 aromatic rings. The zero-order valence-corrected chi connectivity index (χ0v) is 12.2. The van der Waals surface area contributed by atoms with E-state index in [-0.39, 0.29) is 17.9 Å². The fourth-order valence-corrected chi connectivity index (χ4v) is 2.58. The van der Waals surface area contributed by atoms with Gasteiger partial charge in [0.15, 0.2) is 0 Å². The van der Waals surface area contributed by atoms with Gasteiger partial charge in [-0.2, -0.15) is 0 Å². The molecule has 20 heavy (non-hydrogen) atoms. The number of carboxylic acids is 1. The number of fused-ring (bicyclic) bond motifs is 1. The van der Waals surface area contributed by atoms with Gasteiger partial charge in [-0.15, -0.1) is 0 Å². The Hall–Kier alpha value is -1.55. The number of benzene rings is 1. The third-order valence-electron chi connectivity index (χ3n) is 3.91. The molecule has 1 atom stereocenters. The first kappa shape index (κ1) is 14.9. The van der Waals surface area contributed by atoms with Crippen molar-refractivity contribution in [3.63, 3.8) is 0 Å². The monoisotopic (exact) mass is 277 g/mol. The number of nitrogens with two attached hydrogens (primary N) is 1. The van der Waals surface area contributed by atoms with Crippen LogP contribution in [0.25, 0.3) is 0 Å². The molecule has 1 aliphatic rings. The van der Waals surface area contributed by atoms with Gasteiger partial charge in [-0.1, -0.05) is 26.3 Å². The molecule has 0 bridgehead atoms. The SMILES string of the molecule is CC1(C)COc2ccc(C(N)CCCCC(=O)O)cc21. The highest BCUT2D eigenvalue weighted by molar-refractivity contribution is 5.66. The third kappa shape index (κ3) is 3.31. The summed E-state index contributed by atoms with van der Waals surface area (Å²) in [5.41, 5.74) is 8.57. The van der Waals surface area contributed by atoms with E-state index in [9.17, 15) is 4.79 Å². The van der Waals surface area contributed by atoms with Gasteiger partial charge >= 0.3 is 5.97 Å². The van der Waals surface area contributed by atoms with E-state index in [2.05, 4.69) is 19.9 Å². The first-order chi connectivity index (χ1) is 9.40. The van der Waals surface area contributed by atoms with E-state index in [4.69, 9.17) is 15.6 Å². The molecule has 3 N–H and O–H groups in total. The fraction of sp³-hybridized carbons (Fsp3) is 0.562. The van der Waals surface area contributed by atoms with Crippen LogP contribution in [-0.2, 0) is 10.2 Å². The summed E-state index contributed by atoms with van der Waals surface area (Å²) >= 11 is 0. The predicted molar refractivity (Wildman–Crippen MR) is 78.0 cm³/mol. The average Bonchev–Trinajstić information content (AvgIpc) is 2.70. The number of ether oxygens (including phenoxy) is 1. The van der Waals surface area contributed by atoms with Crippen LogP contribution < -0.4 is 10.5 Å². The lowest BCUT2D eigenvalue weighted by Crippen LogP contribution is -2.19. The smallest absolute Gasteiger partial charge is 0.303 e. The van der Waals surface area contributed by atoms with E-state index in [1.54, 1.807) is 0 Å². The molecular weight excluding hydrogens is 254 g/mol. The maximum Gasteiger partial charge on any atom is 0.303 e. The summed E-state index contributed by atoms with van der Waals surface area (Å²) in [7, 11) is 0. The van der Waals surface area contributed by atoms with Crippen LogP contribution >= 0.6 is 0 Å². The van der Waals surface area contributed by atoms with Gasteiger partial charge in [0.2, 0.25) is 0 Å². The number of rotatable bonds is 6. The maximum atomic E-state index is 10.5. The molecule has 2 rings (SSSR count). The summed E-state index contributed by atoms with van der Waals surface area (Å²) in [5.74, 6) is 0.215. The first-order valence-electron chi connectivity index (χ1n) is 7.15. The van der Waals surface area contributed by atoms with E-state index in [1.807, 2.05) is 12.1 Å². The van der Waals surface area contributed by atoms with E-state index in [1.165, 1.54) is 5.56 Å². The minimum absolute atomic E-state index is 0.0361. The van der Waals surface area contributed by atoms with Crippen molar-refractivity contribution in [2.45, 2.75) is 51.0 Å². The Morgan fingerprint density at radius 1 is 1.45 bits per heavy atom. The summed E-state index contributed by atoms with van der Waals surface area (Å²) in [4.78, 5) is 10.5. The standard InChI is InChI=1S/C16H23NO3/c1-16(2)10-20-14-8-7-11(9-12(14)16)13(17)5-3-4-6-15(18)19/h7-9,13H,3-6,10,17H2,1-2H3,(H,18,19). The van der Waals surface area contributed by atoms with E-state index in [0.717, 1.165) is 24.2 Å². The molecule has 0 spiro atoms. The minimum atomic E-state index is -0.741. The lowest BCUT2D eigenvalue weighted by Gasteiger charge is -2.18. The molecule has 110 valence electrons. The van der Waals surface area contributed by atoms with Crippen LogP contribution in [-0.4, -0.2) is 17.7 Å². The normalized spacial score (nSPS) is 17.4. The van der Waals surface area contributed by atoms with Crippen molar-refractivity contribution in [3.8, 4) is 5.75 Å². The number of carboxylic acid groups (broad SMARTS) is 1. The van der Waals surface area contributed by atoms with Crippen molar-refractivity contribution in [2.24, 2.45) is 5.73 Å². The molecule has 0 saturated heterocycles. The molecule has 1 unspecified atom stereocenters. The number of hydrogen-bond donors (Lipinski definition) is 2. The van der Waals surface area contributed by atoms with Gasteiger partial charge in [0.25, 0.3) is 0 Å². The highest BCUT2D eigenvalue weighted by Crippen LogP contribution is 2.39. The molecule has 1 aromatic carbocycles. The van der Waals surface area contributed by atoms with Crippen molar-refractivity contribution >= 4 is 5.97 Å². The van der Waals surface area contributed by atoms with E-state index >= 15 is 0 Å². The zero-order valence-electron chi connectivity index (χ0n) is 12.2. The highest BCUT2D eigenvalue weighted by atomic mass is 16.5. The van der Waals surface area contributed by atoms with Crippen molar-refractivity contribution in [3.05, 3.63) is 29.3 Å². The van der Waals surface area contributed by atoms with E-state index in [0.29, 0.717) is 13.0 Å².